The Morgan fingerprint density at radius 3 is 2.65 bits per heavy atom. The van der Waals surface area contributed by atoms with Gasteiger partial charge in [-0.15, -0.1) is 0 Å². The van der Waals surface area contributed by atoms with Gasteiger partial charge in [-0.1, -0.05) is 84.8 Å². The van der Waals surface area contributed by atoms with Crippen LogP contribution in [-0.4, -0.2) is 24.4 Å². The van der Waals surface area contributed by atoms with E-state index in [-0.39, 0.29) is 6.61 Å². The van der Waals surface area contributed by atoms with Crippen molar-refractivity contribution in [3.8, 4) is 0 Å². The maximum absolute atomic E-state index is 9.14. The number of hydrogen-bond acceptors (Lipinski definition) is 2. The van der Waals surface area contributed by atoms with Crippen molar-refractivity contribution in [1.29, 1.82) is 0 Å². The van der Waals surface area contributed by atoms with Gasteiger partial charge in [-0.25, -0.2) is 0 Å². The Labute approximate surface area is 193 Å². The zero-order valence-corrected chi connectivity index (χ0v) is 21.4. The van der Waals surface area contributed by atoms with Crippen LogP contribution in [-0.2, 0) is 4.74 Å². The van der Waals surface area contributed by atoms with Gasteiger partial charge in [0, 0.05) is 0 Å². The molecule has 0 radical (unpaired) electrons. The van der Waals surface area contributed by atoms with E-state index in [4.69, 9.17) is 9.84 Å². The first kappa shape index (κ1) is 25.3. The minimum atomic E-state index is 0.145. The molecule has 2 heteroatoms. The fourth-order valence-corrected chi connectivity index (χ4v) is 7.47. The summed E-state index contributed by atoms with van der Waals surface area (Å²) in [6, 6.07) is 0. The van der Waals surface area contributed by atoms with Crippen LogP contribution < -0.4 is 0 Å². The lowest BCUT2D eigenvalue weighted by molar-refractivity contribution is -0.0186. The first-order valence-corrected chi connectivity index (χ1v) is 13.8. The van der Waals surface area contributed by atoms with E-state index in [1.807, 2.05) is 0 Å². The third kappa shape index (κ3) is 6.38. The van der Waals surface area contributed by atoms with Crippen LogP contribution in [0.25, 0.3) is 0 Å². The number of hydrogen-bond donors (Lipinski definition) is 1. The molecule has 0 aromatic carbocycles. The molecule has 3 aliphatic carbocycles. The average Bonchev–Trinajstić information content (AvgIpc) is 2.81. The predicted molar refractivity (Wildman–Crippen MR) is 132 cm³/mol. The fraction of sp³-hybridized carbons (Fsp3) is 0.931. The third-order valence-corrected chi connectivity index (χ3v) is 9.64. The summed E-state index contributed by atoms with van der Waals surface area (Å²) in [6.07, 6.45) is 19.2. The van der Waals surface area contributed by atoms with Gasteiger partial charge in [0.05, 0.1) is 19.3 Å². The lowest BCUT2D eigenvalue weighted by atomic mass is 9.54. The molecule has 0 aromatic heterocycles. The Morgan fingerprint density at radius 2 is 1.90 bits per heavy atom. The summed E-state index contributed by atoms with van der Waals surface area (Å²) < 4.78 is 5.94. The zero-order valence-electron chi connectivity index (χ0n) is 21.4. The van der Waals surface area contributed by atoms with E-state index in [9.17, 15) is 0 Å². The maximum Gasteiger partial charge on any atom is 0.0701 e. The zero-order chi connectivity index (χ0) is 22.4. The highest BCUT2D eigenvalue weighted by Crippen LogP contribution is 2.57. The average molecular weight is 433 g/mol. The summed E-state index contributed by atoms with van der Waals surface area (Å²) >= 11 is 0. The van der Waals surface area contributed by atoms with Gasteiger partial charge >= 0.3 is 0 Å². The van der Waals surface area contributed by atoms with Gasteiger partial charge in [0.25, 0.3) is 0 Å². The molecule has 3 rings (SSSR count). The second-order valence-electron chi connectivity index (χ2n) is 12.2. The minimum absolute atomic E-state index is 0.145. The summed E-state index contributed by atoms with van der Waals surface area (Å²) in [6.45, 7) is 13.1. The van der Waals surface area contributed by atoms with Crippen molar-refractivity contribution in [2.75, 3.05) is 13.2 Å². The normalized spacial score (nSPS) is 37.8. The molecule has 180 valence electrons. The van der Waals surface area contributed by atoms with Crippen molar-refractivity contribution in [1.82, 2.24) is 0 Å². The molecule has 0 aliphatic heterocycles. The Bertz CT molecular complexity index is 567. The molecule has 0 spiro atoms. The number of rotatable bonds is 8. The predicted octanol–water partition coefficient (Wildman–Crippen LogP) is 7.80. The smallest absolute Gasteiger partial charge is 0.0701 e. The van der Waals surface area contributed by atoms with E-state index < -0.39 is 0 Å². The molecular formula is C29H52O2. The van der Waals surface area contributed by atoms with E-state index in [0.29, 0.717) is 18.1 Å². The number of aliphatic hydroxyl groups excluding tert-OH is 1. The van der Waals surface area contributed by atoms with Crippen LogP contribution in [0.4, 0.5) is 0 Å². The van der Waals surface area contributed by atoms with Crippen LogP contribution in [0.5, 0.6) is 0 Å². The Kier molecular flexibility index (Phi) is 9.53. The lowest BCUT2D eigenvalue weighted by Gasteiger charge is -2.52. The van der Waals surface area contributed by atoms with Gasteiger partial charge in [0.15, 0.2) is 0 Å². The van der Waals surface area contributed by atoms with Crippen LogP contribution in [0, 0.1) is 40.9 Å². The van der Waals surface area contributed by atoms with E-state index >= 15 is 0 Å². The van der Waals surface area contributed by atoms with Crippen LogP contribution >= 0.6 is 0 Å². The van der Waals surface area contributed by atoms with Gasteiger partial charge in [0.2, 0.25) is 0 Å². The molecule has 0 heterocycles. The Morgan fingerprint density at radius 1 is 1.10 bits per heavy atom. The molecule has 7 unspecified atom stereocenters. The first-order valence-electron chi connectivity index (χ1n) is 13.8. The van der Waals surface area contributed by atoms with Gasteiger partial charge in [-0.05, 0) is 79.4 Å². The maximum atomic E-state index is 9.14. The summed E-state index contributed by atoms with van der Waals surface area (Å²) in [5.41, 5.74) is 2.08. The monoisotopic (exact) mass is 432 g/mol. The molecule has 31 heavy (non-hydrogen) atoms. The standard InChI is InChI=1S/C29H52O2/c1-21(2)8-6-9-22(3)24-10-7-11-28-27(23(4)12-13-24)15-14-25-20-26(31-19-18-30)16-17-29(25,28)5/h14,21-24,26-28,30H,6-13,15-20H2,1-5H3. The SMILES string of the molecule is CC(C)CCCC(C)C1CCCC2C(CC=C3CC(OCCO)CCC32C)C(C)CC1. The second kappa shape index (κ2) is 11.7. The molecule has 7 atom stereocenters. The van der Waals surface area contributed by atoms with Crippen molar-refractivity contribution in [2.45, 2.75) is 118 Å². The molecule has 3 aliphatic rings. The molecule has 0 amide bonds. The Hall–Kier alpha value is -0.340. The number of fused-ring (bicyclic) bond motifs is 3. The van der Waals surface area contributed by atoms with Gasteiger partial charge in [-0.2, -0.15) is 0 Å². The minimum Gasteiger partial charge on any atom is -0.394 e. The van der Waals surface area contributed by atoms with E-state index in [2.05, 4.69) is 40.7 Å². The third-order valence-electron chi connectivity index (χ3n) is 9.64. The highest BCUT2D eigenvalue weighted by atomic mass is 16.5. The molecule has 0 aromatic rings. The summed E-state index contributed by atoms with van der Waals surface area (Å²) in [7, 11) is 0. The number of allylic oxidation sites excluding steroid dienone is 1. The van der Waals surface area contributed by atoms with E-state index in [1.54, 1.807) is 5.57 Å². The van der Waals surface area contributed by atoms with E-state index in [0.717, 1.165) is 41.9 Å². The van der Waals surface area contributed by atoms with Gasteiger partial charge in [-0.3, -0.25) is 0 Å². The molecule has 0 saturated heterocycles. The first-order chi connectivity index (χ1) is 14.8. The van der Waals surface area contributed by atoms with Crippen LogP contribution in [0.15, 0.2) is 11.6 Å². The van der Waals surface area contributed by atoms with Gasteiger partial charge in [0.1, 0.15) is 0 Å². The summed E-state index contributed by atoms with van der Waals surface area (Å²) in [5, 5.41) is 9.14. The molecule has 2 saturated carbocycles. The quantitative estimate of drug-likeness (QED) is 0.396. The molecule has 2 fully saturated rings. The summed E-state index contributed by atoms with van der Waals surface area (Å²) in [5.74, 6) is 5.27. The fourth-order valence-electron chi connectivity index (χ4n) is 7.47. The summed E-state index contributed by atoms with van der Waals surface area (Å²) in [4.78, 5) is 0. The second-order valence-corrected chi connectivity index (χ2v) is 12.2. The van der Waals surface area contributed by atoms with Crippen molar-refractivity contribution < 1.29 is 9.84 Å². The van der Waals surface area contributed by atoms with Crippen molar-refractivity contribution in [3.05, 3.63) is 11.6 Å². The molecule has 0 bridgehead atoms. The van der Waals surface area contributed by atoms with E-state index in [1.165, 1.54) is 70.6 Å². The number of ether oxygens (including phenoxy) is 1. The van der Waals surface area contributed by atoms with Crippen molar-refractivity contribution in [2.24, 2.45) is 40.9 Å². The highest BCUT2D eigenvalue weighted by molar-refractivity contribution is 5.23. The van der Waals surface area contributed by atoms with Crippen molar-refractivity contribution >= 4 is 0 Å². The molecule has 1 N–H and O–H groups in total. The Balaban J connectivity index is 1.63. The largest absolute Gasteiger partial charge is 0.394 e. The van der Waals surface area contributed by atoms with Crippen molar-refractivity contribution in [3.63, 3.8) is 0 Å². The van der Waals surface area contributed by atoms with Gasteiger partial charge < -0.3 is 9.84 Å². The lowest BCUT2D eigenvalue weighted by Crippen LogP contribution is -2.44. The molecule has 2 nitrogen and oxygen atoms in total. The van der Waals surface area contributed by atoms with Crippen LogP contribution in [0.1, 0.15) is 112 Å². The molecular weight excluding hydrogens is 380 g/mol. The number of aliphatic hydroxyl groups is 1. The highest BCUT2D eigenvalue weighted by Gasteiger charge is 2.48. The van der Waals surface area contributed by atoms with Crippen LogP contribution in [0.3, 0.4) is 0 Å². The van der Waals surface area contributed by atoms with Crippen LogP contribution in [0.2, 0.25) is 0 Å². The topological polar surface area (TPSA) is 29.5 Å².